The van der Waals surface area contributed by atoms with Crippen molar-refractivity contribution >= 4 is 51.5 Å². The van der Waals surface area contributed by atoms with Gasteiger partial charge in [-0.05, 0) is 48.9 Å². The van der Waals surface area contributed by atoms with Gasteiger partial charge in [-0.3, -0.25) is 9.36 Å². The fraction of sp³-hybridized carbons (Fsp3) is 0.0870. The highest BCUT2D eigenvalue weighted by Gasteiger charge is 2.15. The molecule has 154 valence electrons. The fourth-order valence-corrected chi connectivity index (χ4v) is 4.62. The number of fused-ring (bicyclic) bond motifs is 2. The first-order chi connectivity index (χ1) is 15.0. The van der Waals surface area contributed by atoms with E-state index in [4.69, 9.17) is 28.2 Å². The number of hydrogen-bond acceptors (Lipinski definition) is 4. The Hall–Kier alpha value is -2.80. The average molecular weight is 467 g/mol. The molecular formula is C23H16Cl2N4OS. The number of rotatable bonds is 4. The van der Waals surface area contributed by atoms with E-state index in [2.05, 4.69) is 4.98 Å². The molecule has 2 aromatic carbocycles. The lowest BCUT2D eigenvalue weighted by molar-refractivity contribution is 0.819. The Morgan fingerprint density at radius 1 is 1.00 bits per heavy atom. The van der Waals surface area contributed by atoms with Crippen molar-refractivity contribution in [3.8, 4) is 5.69 Å². The van der Waals surface area contributed by atoms with Gasteiger partial charge in [-0.25, -0.2) is 9.97 Å². The lowest BCUT2D eigenvalue weighted by Gasteiger charge is -2.13. The van der Waals surface area contributed by atoms with Crippen molar-refractivity contribution in [1.29, 1.82) is 0 Å². The molecule has 31 heavy (non-hydrogen) atoms. The summed E-state index contributed by atoms with van der Waals surface area (Å²) in [5.41, 5.74) is 3.84. The maximum atomic E-state index is 13.4. The maximum Gasteiger partial charge on any atom is 0.266 e. The topological polar surface area (TPSA) is 52.2 Å². The van der Waals surface area contributed by atoms with E-state index in [0.29, 0.717) is 37.5 Å². The SMILES string of the molecule is Cc1ccc(-n2c(SCc3cn4cc(Cl)ccc4n3)nc3ccccc3c2=O)cc1Cl. The monoisotopic (exact) mass is 466 g/mol. The van der Waals surface area contributed by atoms with Gasteiger partial charge in [0, 0.05) is 23.2 Å². The Balaban J connectivity index is 1.60. The van der Waals surface area contributed by atoms with Crippen molar-refractivity contribution in [3.63, 3.8) is 0 Å². The predicted octanol–water partition coefficient (Wildman–Crippen LogP) is 5.94. The zero-order chi connectivity index (χ0) is 21.5. The first-order valence-corrected chi connectivity index (χ1v) is 11.3. The highest BCUT2D eigenvalue weighted by atomic mass is 35.5. The second kappa shape index (κ2) is 8.04. The second-order valence-electron chi connectivity index (χ2n) is 7.12. The van der Waals surface area contributed by atoms with Crippen molar-refractivity contribution < 1.29 is 0 Å². The number of halogens is 2. The molecule has 0 bridgehead atoms. The molecule has 0 N–H and O–H groups in total. The molecule has 3 aromatic heterocycles. The average Bonchev–Trinajstić information content (AvgIpc) is 3.16. The number of nitrogens with zero attached hydrogens (tertiary/aromatic N) is 4. The minimum absolute atomic E-state index is 0.130. The summed E-state index contributed by atoms with van der Waals surface area (Å²) in [4.78, 5) is 22.8. The van der Waals surface area contributed by atoms with Crippen LogP contribution in [0.25, 0.3) is 22.2 Å². The van der Waals surface area contributed by atoms with Crippen LogP contribution in [-0.4, -0.2) is 18.9 Å². The summed E-state index contributed by atoms with van der Waals surface area (Å²) in [5, 5.41) is 2.39. The Morgan fingerprint density at radius 2 is 1.84 bits per heavy atom. The van der Waals surface area contributed by atoms with E-state index in [-0.39, 0.29) is 5.56 Å². The molecule has 3 heterocycles. The highest BCUT2D eigenvalue weighted by molar-refractivity contribution is 7.98. The van der Waals surface area contributed by atoms with Gasteiger partial charge in [-0.15, -0.1) is 0 Å². The van der Waals surface area contributed by atoms with E-state index < -0.39 is 0 Å². The lowest BCUT2D eigenvalue weighted by Crippen LogP contribution is -2.21. The van der Waals surface area contributed by atoms with Gasteiger partial charge in [0.05, 0.1) is 27.3 Å². The molecule has 5 aromatic rings. The molecule has 0 aliphatic rings. The molecule has 0 spiro atoms. The van der Waals surface area contributed by atoms with Crippen LogP contribution >= 0.6 is 35.0 Å². The van der Waals surface area contributed by atoms with Gasteiger partial charge >= 0.3 is 0 Å². The van der Waals surface area contributed by atoms with Crippen molar-refractivity contribution in [1.82, 2.24) is 18.9 Å². The van der Waals surface area contributed by atoms with E-state index >= 15 is 0 Å². The van der Waals surface area contributed by atoms with Crippen LogP contribution in [0.4, 0.5) is 0 Å². The normalized spacial score (nSPS) is 11.5. The van der Waals surface area contributed by atoms with Crippen LogP contribution in [0.1, 0.15) is 11.3 Å². The molecule has 0 aliphatic carbocycles. The summed E-state index contributed by atoms with van der Waals surface area (Å²) in [7, 11) is 0. The van der Waals surface area contributed by atoms with Crippen LogP contribution < -0.4 is 5.56 Å². The molecule has 0 fully saturated rings. The number of imidazole rings is 1. The van der Waals surface area contributed by atoms with Crippen molar-refractivity contribution in [2.75, 3.05) is 0 Å². The van der Waals surface area contributed by atoms with Crippen LogP contribution in [0.15, 0.2) is 76.9 Å². The Morgan fingerprint density at radius 3 is 2.68 bits per heavy atom. The first-order valence-electron chi connectivity index (χ1n) is 9.54. The molecule has 0 radical (unpaired) electrons. The summed E-state index contributed by atoms with van der Waals surface area (Å²) in [6, 6.07) is 16.6. The minimum Gasteiger partial charge on any atom is -0.305 e. The van der Waals surface area contributed by atoms with Gasteiger partial charge in [0.15, 0.2) is 5.16 Å². The number of hydrogen-bond donors (Lipinski definition) is 0. The molecule has 8 heteroatoms. The number of thioether (sulfide) groups is 1. The van der Waals surface area contributed by atoms with E-state index in [0.717, 1.165) is 16.9 Å². The van der Waals surface area contributed by atoms with E-state index in [1.165, 1.54) is 11.8 Å². The van der Waals surface area contributed by atoms with Crippen LogP contribution in [0.5, 0.6) is 0 Å². The standard InChI is InChI=1S/C23H16Cl2N4OS/c1-14-6-8-17(10-19(14)25)29-22(30)18-4-2-3-5-20(18)27-23(29)31-13-16-12-28-11-15(24)7-9-21(28)26-16/h2-12H,13H2,1H3. The zero-order valence-electron chi connectivity index (χ0n) is 16.4. The molecule has 0 atom stereocenters. The van der Waals surface area contributed by atoms with Crippen LogP contribution in [0.3, 0.4) is 0 Å². The summed E-state index contributed by atoms with van der Waals surface area (Å²) in [6.45, 7) is 1.93. The van der Waals surface area contributed by atoms with Gasteiger partial charge < -0.3 is 4.40 Å². The van der Waals surface area contributed by atoms with Crippen LogP contribution in [0.2, 0.25) is 10.0 Å². The maximum absolute atomic E-state index is 13.4. The highest BCUT2D eigenvalue weighted by Crippen LogP contribution is 2.27. The largest absolute Gasteiger partial charge is 0.305 e. The lowest BCUT2D eigenvalue weighted by atomic mass is 10.2. The second-order valence-corrected chi connectivity index (χ2v) is 8.91. The Kier molecular flexibility index (Phi) is 5.22. The number of aryl methyl sites for hydroxylation is 1. The molecular weight excluding hydrogens is 451 g/mol. The molecule has 5 nitrogen and oxygen atoms in total. The quantitative estimate of drug-likeness (QED) is 0.243. The van der Waals surface area contributed by atoms with Gasteiger partial charge in [0.1, 0.15) is 5.65 Å². The number of benzene rings is 2. The third kappa shape index (κ3) is 3.83. The van der Waals surface area contributed by atoms with Crippen LogP contribution in [0, 0.1) is 6.92 Å². The first kappa shape index (κ1) is 20.1. The molecule has 0 amide bonds. The molecule has 0 saturated carbocycles. The molecule has 0 unspecified atom stereocenters. The third-order valence-electron chi connectivity index (χ3n) is 4.97. The number of para-hydroxylation sites is 1. The predicted molar refractivity (Wildman–Crippen MR) is 127 cm³/mol. The van der Waals surface area contributed by atoms with E-state index in [9.17, 15) is 4.79 Å². The number of aromatic nitrogens is 4. The van der Waals surface area contributed by atoms with Gasteiger partial charge in [-0.2, -0.15) is 0 Å². The van der Waals surface area contributed by atoms with Gasteiger partial charge in [0.2, 0.25) is 0 Å². The van der Waals surface area contributed by atoms with Crippen molar-refractivity contribution in [2.24, 2.45) is 0 Å². The fourth-order valence-electron chi connectivity index (χ4n) is 3.38. The Bertz CT molecular complexity index is 1510. The third-order valence-corrected chi connectivity index (χ3v) is 6.58. The summed E-state index contributed by atoms with van der Waals surface area (Å²) in [6.07, 6.45) is 3.75. The minimum atomic E-state index is -0.130. The summed E-state index contributed by atoms with van der Waals surface area (Å²) >= 11 is 13.9. The number of pyridine rings is 1. The molecule has 0 aliphatic heterocycles. The molecule has 0 saturated heterocycles. The summed E-state index contributed by atoms with van der Waals surface area (Å²) < 4.78 is 3.50. The van der Waals surface area contributed by atoms with Gasteiger partial charge in [-0.1, -0.05) is 53.2 Å². The zero-order valence-corrected chi connectivity index (χ0v) is 18.7. The van der Waals surface area contributed by atoms with E-state index in [1.54, 1.807) is 16.7 Å². The van der Waals surface area contributed by atoms with Gasteiger partial charge in [0.25, 0.3) is 5.56 Å². The Labute approximate surface area is 192 Å². The van der Waals surface area contributed by atoms with E-state index in [1.807, 2.05) is 66.2 Å². The van der Waals surface area contributed by atoms with Crippen LogP contribution in [-0.2, 0) is 5.75 Å². The van der Waals surface area contributed by atoms with Crippen molar-refractivity contribution in [2.45, 2.75) is 17.8 Å². The summed E-state index contributed by atoms with van der Waals surface area (Å²) in [5.74, 6) is 0.545. The molecule has 5 rings (SSSR count). The smallest absolute Gasteiger partial charge is 0.266 e. The van der Waals surface area contributed by atoms with Crippen molar-refractivity contribution in [3.05, 3.63) is 98.6 Å².